The number of hydrogen-bond acceptors (Lipinski definition) is 2. The van der Waals surface area contributed by atoms with E-state index in [9.17, 15) is 18.0 Å². The van der Waals surface area contributed by atoms with Gasteiger partial charge in [-0.05, 0) is 29.7 Å². The van der Waals surface area contributed by atoms with Crippen molar-refractivity contribution in [3.05, 3.63) is 71.3 Å². The van der Waals surface area contributed by atoms with Gasteiger partial charge in [0.25, 0.3) is 0 Å². The van der Waals surface area contributed by atoms with E-state index in [-0.39, 0.29) is 5.97 Å². The van der Waals surface area contributed by atoms with Gasteiger partial charge in [-0.25, -0.2) is 0 Å². The second kappa shape index (κ2) is 5.41. The molecule has 0 aliphatic carbocycles. The Morgan fingerprint density at radius 3 is 2.13 bits per heavy atom. The van der Waals surface area contributed by atoms with Gasteiger partial charge in [0.15, 0.2) is 0 Å². The minimum atomic E-state index is -4.38. The van der Waals surface area contributed by atoms with Crippen LogP contribution in [0.25, 0.3) is 0 Å². The molecule has 1 aliphatic rings. The quantitative estimate of drug-likeness (QED) is 0.769. The standard InChI is InChI=1S/C18H15F3O2/c1-2-17(13-6-4-3-5-7-13)15(23-16(17)22)12-8-10-14(11-9-12)18(19,20)21/h3-11,15H,2H2,1H3. The molecule has 0 bridgehead atoms. The Labute approximate surface area is 131 Å². The third-order valence-corrected chi connectivity index (χ3v) is 4.42. The lowest BCUT2D eigenvalue weighted by molar-refractivity contribution is -0.193. The highest BCUT2D eigenvalue weighted by Crippen LogP contribution is 2.51. The molecule has 2 nitrogen and oxygen atoms in total. The van der Waals surface area contributed by atoms with Gasteiger partial charge in [-0.3, -0.25) is 4.79 Å². The lowest BCUT2D eigenvalue weighted by Crippen LogP contribution is -2.54. The van der Waals surface area contributed by atoms with E-state index in [1.165, 1.54) is 12.1 Å². The van der Waals surface area contributed by atoms with Crippen molar-refractivity contribution < 1.29 is 22.7 Å². The summed E-state index contributed by atoms with van der Waals surface area (Å²) in [5, 5.41) is 0. The van der Waals surface area contributed by atoms with Gasteiger partial charge in [-0.15, -0.1) is 0 Å². The van der Waals surface area contributed by atoms with Crippen LogP contribution in [0.3, 0.4) is 0 Å². The third kappa shape index (κ3) is 2.40. The van der Waals surface area contributed by atoms with Crippen molar-refractivity contribution in [1.82, 2.24) is 0 Å². The molecular formula is C18H15F3O2. The van der Waals surface area contributed by atoms with Crippen molar-refractivity contribution in [2.45, 2.75) is 31.0 Å². The zero-order chi connectivity index (χ0) is 16.7. The summed E-state index contributed by atoms with van der Waals surface area (Å²) in [6.07, 6.45) is -4.43. The molecule has 1 saturated heterocycles. The molecule has 0 radical (unpaired) electrons. The van der Waals surface area contributed by atoms with Crippen molar-refractivity contribution in [2.24, 2.45) is 0 Å². The second-order valence-electron chi connectivity index (χ2n) is 5.60. The van der Waals surface area contributed by atoms with Gasteiger partial charge in [-0.2, -0.15) is 13.2 Å². The summed E-state index contributed by atoms with van der Waals surface area (Å²) >= 11 is 0. The van der Waals surface area contributed by atoms with E-state index >= 15 is 0 Å². The average molecular weight is 320 g/mol. The third-order valence-electron chi connectivity index (χ3n) is 4.42. The summed E-state index contributed by atoms with van der Waals surface area (Å²) in [5.41, 5.74) is -0.151. The Morgan fingerprint density at radius 1 is 1.04 bits per heavy atom. The number of cyclic esters (lactones) is 1. The fourth-order valence-electron chi connectivity index (χ4n) is 3.10. The largest absolute Gasteiger partial charge is 0.455 e. The van der Waals surface area contributed by atoms with Crippen molar-refractivity contribution >= 4 is 5.97 Å². The van der Waals surface area contributed by atoms with E-state index in [0.717, 1.165) is 17.7 Å². The number of halogens is 3. The van der Waals surface area contributed by atoms with Crippen LogP contribution in [0.1, 0.15) is 36.1 Å². The number of benzene rings is 2. The maximum Gasteiger partial charge on any atom is 0.416 e. The predicted octanol–water partition coefficient (Wildman–Crippen LogP) is 4.65. The first-order chi connectivity index (χ1) is 10.9. The van der Waals surface area contributed by atoms with Crippen LogP contribution in [0.5, 0.6) is 0 Å². The molecule has 0 spiro atoms. The Morgan fingerprint density at radius 2 is 1.65 bits per heavy atom. The zero-order valence-corrected chi connectivity index (χ0v) is 12.4. The van der Waals surface area contributed by atoms with Gasteiger partial charge in [0, 0.05) is 0 Å². The van der Waals surface area contributed by atoms with Gasteiger partial charge in [0.2, 0.25) is 0 Å². The highest BCUT2D eigenvalue weighted by molar-refractivity contribution is 5.90. The molecule has 0 saturated carbocycles. The molecule has 1 heterocycles. The number of alkyl halides is 3. The highest BCUT2D eigenvalue weighted by atomic mass is 19.4. The fourth-order valence-corrected chi connectivity index (χ4v) is 3.10. The molecule has 2 atom stereocenters. The van der Waals surface area contributed by atoms with Crippen molar-refractivity contribution in [2.75, 3.05) is 0 Å². The number of esters is 1. The number of carbonyl (C=O) groups is 1. The van der Waals surface area contributed by atoms with Crippen LogP contribution in [0, 0.1) is 0 Å². The van der Waals surface area contributed by atoms with Crippen LogP contribution in [0.15, 0.2) is 54.6 Å². The smallest absolute Gasteiger partial charge is 0.416 e. The summed E-state index contributed by atoms with van der Waals surface area (Å²) < 4.78 is 43.3. The Balaban J connectivity index is 1.98. The molecule has 3 rings (SSSR count). The molecule has 0 N–H and O–H groups in total. The Bertz CT molecular complexity index is 707. The molecule has 0 amide bonds. The van der Waals surface area contributed by atoms with Crippen LogP contribution in [0.4, 0.5) is 13.2 Å². The number of carbonyl (C=O) groups excluding carboxylic acids is 1. The summed E-state index contributed by atoms with van der Waals surface area (Å²) in [4.78, 5) is 12.2. The Kier molecular flexibility index (Phi) is 3.66. The Hall–Kier alpha value is -2.30. The fraction of sp³-hybridized carbons (Fsp3) is 0.278. The van der Waals surface area contributed by atoms with Crippen LogP contribution in [-0.4, -0.2) is 5.97 Å². The van der Waals surface area contributed by atoms with Crippen molar-refractivity contribution in [3.63, 3.8) is 0 Å². The van der Waals surface area contributed by atoms with E-state index < -0.39 is 23.3 Å². The molecule has 23 heavy (non-hydrogen) atoms. The number of rotatable bonds is 3. The van der Waals surface area contributed by atoms with E-state index in [1.807, 2.05) is 37.3 Å². The van der Waals surface area contributed by atoms with E-state index in [0.29, 0.717) is 12.0 Å². The molecule has 1 aliphatic heterocycles. The second-order valence-corrected chi connectivity index (χ2v) is 5.60. The first kappa shape index (κ1) is 15.6. The van der Waals surface area contributed by atoms with Crippen LogP contribution in [0.2, 0.25) is 0 Å². The van der Waals surface area contributed by atoms with Gasteiger partial charge in [0.1, 0.15) is 11.5 Å². The molecule has 2 aromatic rings. The SMILES string of the molecule is CCC1(c2ccccc2)C(=O)OC1c1ccc(C(F)(F)F)cc1. The topological polar surface area (TPSA) is 26.3 Å². The normalized spacial score (nSPS) is 24.0. The monoisotopic (exact) mass is 320 g/mol. The van der Waals surface area contributed by atoms with Gasteiger partial charge < -0.3 is 4.74 Å². The van der Waals surface area contributed by atoms with Crippen molar-refractivity contribution in [1.29, 1.82) is 0 Å². The summed E-state index contributed by atoms with van der Waals surface area (Å²) in [6, 6.07) is 14.0. The van der Waals surface area contributed by atoms with Crippen LogP contribution >= 0.6 is 0 Å². The van der Waals surface area contributed by atoms with E-state index in [1.54, 1.807) is 0 Å². The highest BCUT2D eigenvalue weighted by Gasteiger charge is 2.58. The molecule has 0 aromatic heterocycles. The minimum absolute atomic E-state index is 0.337. The lowest BCUT2D eigenvalue weighted by atomic mass is 9.67. The molecule has 2 unspecified atom stereocenters. The maximum atomic E-state index is 12.7. The summed E-state index contributed by atoms with van der Waals surface area (Å²) in [5.74, 6) is -0.337. The predicted molar refractivity (Wildman–Crippen MR) is 78.7 cm³/mol. The first-order valence-corrected chi connectivity index (χ1v) is 7.33. The molecular weight excluding hydrogens is 305 g/mol. The molecule has 120 valence electrons. The summed E-state index contributed by atoms with van der Waals surface area (Å²) in [6.45, 7) is 1.88. The number of ether oxygens (including phenoxy) is 1. The average Bonchev–Trinajstić information content (AvgIpc) is 2.54. The minimum Gasteiger partial charge on any atom is -0.455 e. The number of hydrogen-bond donors (Lipinski definition) is 0. The molecule has 1 fully saturated rings. The van der Waals surface area contributed by atoms with Gasteiger partial charge in [-0.1, -0.05) is 49.4 Å². The van der Waals surface area contributed by atoms with Gasteiger partial charge in [0.05, 0.1) is 5.56 Å². The first-order valence-electron chi connectivity index (χ1n) is 7.33. The summed E-state index contributed by atoms with van der Waals surface area (Å²) in [7, 11) is 0. The maximum absolute atomic E-state index is 12.7. The molecule has 2 aromatic carbocycles. The lowest BCUT2D eigenvalue weighted by Gasteiger charge is -2.47. The van der Waals surface area contributed by atoms with E-state index in [2.05, 4.69) is 0 Å². The van der Waals surface area contributed by atoms with Crippen molar-refractivity contribution in [3.8, 4) is 0 Å². The van der Waals surface area contributed by atoms with E-state index in [4.69, 9.17) is 4.74 Å². The van der Waals surface area contributed by atoms with Crippen LogP contribution < -0.4 is 0 Å². The zero-order valence-electron chi connectivity index (χ0n) is 12.4. The molecule has 5 heteroatoms. The van der Waals surface area contributed by atoms with Gasteiger partial charge >= 0.3 is 12.1 Å². The van der Waals surface area contributed by atoms with Crippen LogP contribution in [-0.2, 0) is 21.1 Å².